The topological polar surface area (TPSA) is 38.9 Å². The molecule has 0 spiro atoms. The number of aryl methyl sites for hydroxylation is 1. The number of nitrogens with zero attached hydrogens (tertiary/aromatic N) is 2. The zero-order valence-corrected chi connectivity index (χ0v) is 26.3. The minimum Gasteiger partial charge on any atom is -0.456 e. The van der Waals surface area contributed by atoms with Gasteiger partial charge in [-0.3, -0.25) is 0 Å². The molecule has 0 N–H and O–H groups in total. The van der Waals surface area contributed by atoms with Crippen LogP contribution in [-0.4, -0.2) is 9.97 Å². The Morgan fingerprint density at radius 3 is 2.48 bits per heavy atom. The van der Waals surface area contributed by atoms with Crippen molar-refractivity contribution < 1.29 is 4.42 Å². The SMILES string of the molecule is CC1C=Cc2c(oc3c(-c4cccc5sc6ccccc6c45)nc(C4CCc5cc6ccccc6cc5-c5ccccc54)nc23)C1. The lowest BCUT2D eigenvalue weighted by Gasteiger charge is -2.18. The van der Waals surface area contributed by atoms with E-state index >= 15 is 0 Å². The number of aromatic nitrogens is 2. The maximum atomic E-state index is 6.74. The lowest BCUT2D eigenvalue weighted by atomic mass is 9.89. The maximum Gasteiger partial charge on any atom is 0.179 e. The van der Waals surface area contributed by atoms with Crippen molar-refractivity contribution in [2.24, 2.45) is 5.92 Å². The molecular weight excluding hydrogens is 581 g/mol. The number of thiophene rings is 1. The Balaban J connectivity index is 1.24. The zero-order chi connectivity index (χ0) is 30.4. The highest BCUT2D eigenvalue weighted by Crippen LogP contribution is 2.46. The summed E-state index contributed by atoms with van der Waals surface area (Å²) < 4.78 is 9.29. The fourth-order valence-electron chi connectivity index (χ4n) is 7.83. The van der Waals surface area contributed by atoms with Crippen LogP contribution in [-0.2, 0) is 12.8 Å². The van der Waals surface area contributed by atoms with Crippen molar-refractivity contribution in [2.75, 3.05) is 0 Å². The van der Waals surface area contributed by atoms with Gasteiger partial charge in [0.05, 0.1) is 0 Å². The molecule has 10 rings (SSSR count). The third-order valence-corrected chi connectivity index (χ3v) is 11.2. The molecule has 2 unspecified atom stereocenters. The normalized spacial score (nSPS) is 17.3. The van der Waals surface area contributed by atoms with Crippen LogP contribution in [0.3, 0.4) is 0 Å². The van der Waals surface area contributed by atoms with E-state index in [9.17, 15) is 0 Å². The molecule has 0 aliphatic heterocycles. The van der Waals surface area contributed by atoms with Crippen molar-refractivity contribution in [1.82, 2.24) is 9.97 Å². The molecule has 2 atom stereocenters. The van der Waals surface area contributed by atoms with Crippen LogP contribution in [0.25, 0.3) is 70.5 Å². The van der Waals surface area contributed by atoms with Crippen LogP contribution >= 0.6 is 11.3 Å². The summed E-state index contributed by atoms with van der Waals surface area (Å²) in [6.45, 7) is 2.24. The van der Waals surface area contributed by atoms with E-state index in [4.69, 9.17) is 14.4 Å². The summed E-state index contributed by atoms with van der Waals surface area (Å²) in [5.74, 6) is 2.36. The van der Waals surface area contributed by atoms with Crippen LogP contribution in [0, 0.1) is 5.92 Å². The Morgan fingerprint density at radius 2 is 1.54 bits per heavy atom. The van der Waals surface area contributed by atoms with Gasteiger partial charge in [-0.05, 0) is 70.0 Å². The monoisotopic (exact) mass is 610 g/mol. The number of rotatable bonds is 2. The second-order valence-electron chi connectivity index (χ2n) is 12.9. The van der Waals surface area contributed by atoms with Crippen molar-refractivity contribution in [3.05, 3.63) is 137 Å². The van der Waals surface area contributed by atoms with E-state index in [1.165, 1.54) is 53.2 Å². The molecule has 3 heterocycles. The molecule has 2 aliphatic carbocycles. The molecule has 2 aliphatic rings. The van der Waals surface area contributed by atoms with Crippen LogP contribution in [0.2, 0.25) is 0 Å². The third kappa shape index (κ3) is 3.90. The van der Waals surface area contributed by atoms with E-state index in [1.54, 1.807) is 0 Å². The second kappa shape index (κ2) is 9.97. The average molecular weight is 611 g/mol. The molecule has 46 heavy (non-hydrogen) atoms. The zero-order valence-electron chi connectivity index (χ0n) is 25.5. The van der Waals surface area contributed by atoms with Crippen molar-refractivity contribution >= 4 is 59.5 Å². The van der Waals surface area contributed by atoms with E-state index in [-0.39, 0.29) is 5.92 Å². The van der Waals surface area contributed by atoms with Crippen molar-refractivity contribution in [1.29, 1.82) is 0 Å². The minimum absolute atomic E-state index is 0.0466. The molecule has 4 heteroatoms. The Morgan fingerprint density at radius 1 is 0.761 bits per heavy atom. The quantitative estimate of drug-likeness (QED) is 0.195. The number of fused-ring (bicyclic) bond motifs is 10. The van der Waals surface area contributed by atoms with Gasteiger partial charge in [0.15, 0.2) is 5.58 Å². The van der Waals surface area contributed by atoms with Crippen molar-refractivity contribution in [3.8, 4) is 22.4 Å². The standard InChI is InChI=1S/C42H30N2OS/c1-24-17-19-31-35(21-24)45-41-39(31)43-42(44-40(41)33-14-8-16-37-38(33)32-13-6-7-15-36(32)46-37)30-20-18-27-22-25-9-2-3-10-26(25)23-34(27)29-12-5-4-11-28(29)30/h2-17,19,22-24,30H,18,20-21H2,1H3. The van der Waals surface area contributed by atoms with E-state index < -0.39 is 0 Å². The number of furan rings is 1. The smallest absolute Gasteiger partial charge is 0.179 e. The van der Waals surface area contributed by atoms with Gasteiger partial charge in [-0.2, -0.15) is 0 Å². The lowest BCUT2D eigenvalue weighted by Crippen LogP contribution is -2.09. The summed E-state index contributed by atoms with van der Waals surface area (Å²) in [5, 5.41) is 5.07. The van der Waals surface area contributed by atoms with E-state index in [1.807, 2.05) is 11.3 Å². The highest BCUT2D eigenvalue weighted by molar-refractivity contribution is 7.25. The summed E-state index contributed by atoms with van der Waals surface area (Å²) >= 11 is 1.84. The Bertz CT molecular complexity index is 2550. The van der Waals surface area contributed by atoms with E-state index in [0.717, 1.165) is 58.8 Å². The molecule has 0 fully saturated rings. The van der Waals surface area contributed by atoms with Crippen molar-refractivity contribution in [2.45, 2.75) is 32.1 Å². The lowest BCUT2D eigenvalue weighted by molar-refractivity contribution is 0.513. The molecule has 8 aromatic rings. The highest BCUT2D eigenvalue weighted by Gasteiger charge is 2.30. The average Bonchev–Trinajstić information content (AvgIpc) is 3.61. The molecule has 3 aromatic heterocycles. The first-order valence-electron chi connectivity index (χ1n) is 16.2. The highest BCUT2D eigenvalue weighted by atomic mass is 32.1. The number of benzene rings is 5. The molecule has 5 aromatic carbocycles. The Hall–Kier alpha value is -5.06. The van der Waals surface area contributed by atoms with Gasteiger partial charge < -0.3 is 4.42 Å². The van der Waals surface area contributed by atoms with Gasteiger partial charge in [0.1, 0.15) is 22.8 Å². The summed E-state index contributed by atoms with van der Waals surface area (Å²) in [5.41, 5.74) is 10.1. The van der Waals surface area contributed by atoms with Gasteiger partial charge in [-0.1, -0.05) is 104 Å². The molecule has 0 amide bonds. The van der Waals surface area contributed by atoms with Gasteiger partial charge in [0.25, 0.3) is 0 Å². The Labute approximate surface area is 270 Å². The van der Waals surface area contributed by atoms with Gasteiger partial charge in [-0.25, -0.2) is 9.97 Å². The third-order valence-electron chi connectivity index (χ3n) is 10.0. The summed E-state index contributed by atoms with van der Waals surface area (Å²) in [7, 11) is 0. The number of hydrogen-bond donors (Lipinski definition) is 0. The summed E-state index contributed by atoms with van der Waals surface area (Å²) in [4.78, 5) is 10.9. The van der Waals surface area contributed by atoms with E-state index in [2.05, 4.69) is 122 Å². The molecule has 0 bridgehead atoms. The fraction of sp³-hybridized carbons (Fsp3) is 0.143. The predicted octanol–water partition coefficient (Wildman–Crippen LogP) is 11.4. The molecular formula is C42H30N2OS. The van der Waals surface area contributed by atoms with Crippen LogP contribution in [0.15, 0.2) is 114 Å². The molecule has 220 valence electrons. The number of allylic oxidation sites excluding steroid dienone is 1. The molecule has 0 saturated heterocycles. The van der Waals surface area contributed by atoms with Gasteiger partial charge >= 0.3 is 0 Å². The molecule has 0 radical (unpaired) electrons. The number of hydrogen-bond acceptors (Lipinski definition) is 4. The summed E-state index contributed by atoms with van der Waals surface area (Å²) in [6, 6.07) is 37.7. The van der Waals surface area contributed by atoms with Crippen LogP contribution in [0.1, 0.15) is 47.5 Å². The van der Waals surface area contributed by atoms with Crippen LogP contribution in [0.4, 0.5) is 0 Å². The van der Waals surface area contributed by atoms with Gasteiger partial charge in [0.2, 0.25) is 0 Å². The first-order chi connectivity index (χ1) is 22.7. The molecule has 0 saturated carbocycles. The van der Waals surface area contributed by atoms with Crippen LogP contribution < -0.4 is 0 Å². The predicted molar refractivity (Wildman–Crippen MR) is 192 cm³/mol. The Kier molecular flexibility index (Phi) is 5.68. The van der Waals surface area contributed by atoms with Crippen molar-refractivity contribution in [3.63, 3.8) is 0 Å². The van der Waals surface area contributed by atoms with Gasteiger partial charge in [-0.15, -0.1) is 11.3 Å². The maximum absolute atomic E-state index is 6.74. The first-order valence-corrected chi connectivity index (χ1v) is 17.0. The molecule has 3 nitrogen and oxygen atoms in total. The minimum atomic E-state index is 0.0466. The first kappa shape index (κ1) is 26.2. The van der Waals surface area contributed by atoms with E-state index in [0.29, 0.717) is 5.92 Å². The second-order valence-corrected chi connectivity index (χ2v) is 14.0. The van der Waals surface area contributed by atoms with Crippen LogP contribution in [0.5, 0.6) is 0 Å². The largest absolute Gasteiger partial charge is 0.456 e. The van der Waals surface area contributed by atoms with Gasteiger partial charge in [0, 0.05) is 43.6 Å². The fourth-order valence-corrected chi connectivity index (χ4v) is 8.96. The summed E-state index contributed by atoms with van der Waals surface area (Å²) in [6.07, 6.45) is 7.28.